The van der Waals surface area contributed by atoms with Crippen LogP contribution in [0.1, 0.15) is 5.69 Å². The largest absolute Gasteiger partial charge is 0.484 e. The van der Waals surface area contributed by atoms with E-state index in [4.69, 9.17) is 21.1 Å². The summed E-state index contributed by atoms with van der Waals surface area (Å²) in [6.45, 7) is 0.791. The zero-order chi connectivity index (χ0) is 22.8. The third-order valence-electron chi connectivity index (χ3n) is 4.43. The van der Waals surface area contributed by atoms with E-state index < -0.39 is 23.5 Å². The van der Waals surface area contributed by atoms with Gasteiger partial charge in [-0.15, -0.1) is 0 Å². The summed E-state index contributed by atoms with van der Waals surface area (Å²) in [4.78, 5) is 11.8. The van der Waals surface area contributed by atoms with Gasteiger partial charge in [0.05, 0.1) is 40.6 Å². The quantitative estimate of drug-likeness (QED) is 0.396. The second-order valence-corrected chi connectivity index (χ2v) is 8.04. The fourth-order valence-electron chi connectivity index (χ4n) is 3.10. The second kappa shape index (κ2) is 9.09. The lowest BCUT2D eigenvalue weighted by atomic mass is 10.2. The Labute approximate surface area is 188 Å². The summed E-state index contributed by atoms with van der Waals surface area (Å²) < 4.78 is 53.5. The van der Waals surface area contributed by atoms with Crippen LogP contribution in [-0.4, -0.2) is 49.3 Å². The highest BCUT2D eigenvalue weighted by Crippen LogP contribution is 2.33. The summed E-state index contributed by atoms with van der Waals surface area (Å²) in [6, 6.07) is 3.29. The number of rotatable bonds is 8. The van der Waals surface area contributed by atoms with E-state index in [2.05, 4.69) is 24.8 Å². The van der Waals surface area contributed by atoms with Gasteiger partial charge in [0.25, 0.3) is 5.88 Å². The van der Waals surface area contributed by atoms with E-state index in [1.165, 1.54) is 24.2 Å². The Bertz CT molecular complexity index is 1310. The number of nitrogens with zero attached hydrogens (tertiary/aromatic N) is 4. The van der Waals surface area contributed by atoms with E-state index in [1.807, 2.05) is 0 Å². The Morgan fingerprint density at radius 2 is 2.16 bits per heavy atom. The van der Waals surface area contributed by atoms with E-state index in [0.717, 1.165) is 6.20 Å². The monoisotopic (exact) mass is 482 g/mol. The maximum atomic E-state index is 13.5. The zero-order valence-electron chi connectivity index (χ0n) is 16.9. The number of aromatic nitrogens is 5. The van der Waals surface area contributed by atoms with Crippen molar-refractivity contribution in [1.29, 1.82) is 0 Å². The van der Waals surface area contributed by atoms with E-state index in [9.17, 15) is 13.0 Å². The molecule has 1 unspecified atom stereocenters. The maximum Gasteiger partial charge on any atom is 0.262 e. The highest BCUT2D eigenvalue weighted by Gasteiger charge is 2.20. The average molecular weight is 483 g/mol. The molecule has 0 radical (unpaired) electrons. The van der Waals surface area contributed by atoms with Crippen LogP contribution >= 0.6 is 11.6 Å². The van der Waals surface area contributed by atoms with Gasteiger partial charge in [-0.05, 0) is 19.1 Å². The van der Waals surface area contributed by atoms with Crippen LogP contribution in [-0.2, 0) is 11.0 Å². The van der Waals surface area contributed by atoms with Gasteiger partial charge in [0.1, 0.15) is 19.0 Å². The summed E-state index contributed by atoms with van der Waals surface area (Å²) >= 11 is 6.30. The Kier molecular flexibility index (Phi) is 6.24. The minimum absolute atomic E-state index is 0.0305. The number of anilines is 1. The molecule has 0 fully saturated rings. The molecular formula is C19H17ClF2N6O3S. The number of hydrogen-bond acceptors (Lipinski definition) is 6. The van der Waals surface area contributed by atoms with Crippen LogP contribution in [0.2, 0.25) is 5.02 Å². The first-order chi connectivity index (χ1) is 15.4. The number of H-pyrrole nitrogens is 1. The van der Waals surface area contributed by atoms with Crippen molar-refractivity contribution in [3.63, 3.8) is 0 Å². The van der Waals surface area contributed by atoms with Gasteiger partial charge in [-0.1, -0.05) is 11.6 Å². The number of ether oxygens (including phenoxy) is 2. The molecule has 0 aliphatic carbocycles. The lowest BCUT2D eigenvalue weighted by Gasteiger charge is -2.13. The maximum absolute atomic E-state index is 13.5. The van der Waals surface area contributed by atoms with Crippen molar-refractivity contribution in [2.24, 2.45) is 0 Å². The molecule has 0 saturated carbocycles. The Hall–Kier alpha value is -3.25. The molecule has 13 heteroatoms. The van der Waals surface area contributed by atoms with Crippen molar-refractivity contribution < 1.29 is 22.5 Å². The number of alkyl halides is 1. The molecule has 1 atom stereocenters. The van der Waals surface area contributed by atoms with Gasteiger partial charge in [-0.25, -0.2) is 22.7 Å². The van der Waals surface area contributed by atoms with Gasteiger partial charge in [0.2, 0.25) is 11.7 Å². The van der Waals surface area contributed by atoms with Crippen molar-refractivity contribution in [2.75, 3.05) is 25.1 Å². The van der Waals surface area contributed by atoms with Crippen molar-refractivity contribution >= 4 is 39.4 Å². The number of halogens is 3. The third-order valence-corrected chi connectivity index (χ3v) is 5.84. The Morgan fingerprint density at radius 1 is 1.34 bits per heavy atom. The molecule has 1 aromatic carbocycles. The molecule has 4 aromatic rings. The normalized spacial score (nSPS) is 12.2. The Morgan fingerprint density at radius 3 is 2.84 bits per heavy atom. The van der Waals surface area contributed by atoms with Gasteiger partial charge in [0.15, 0.2) is 16.8 Å². The van der Waals surface area contributed by atoms with Crippen LogP contribution in [0, 0.1) is 12.7 Å². The zero-order valence-corrected chi connectivity index (χ0v) is 18.4. The first-order valence-corrected chi connectivity index (χ1v) is 10.8. The van der Waals surface area contributed by atoms with E-state index in [-0.39, 0.29) is 24.2 Å². The predicted molar refractivity (Wildman–Crippen MR) is 115 cm³/mol. The van der Waals surface area contributed by atoms with Crippen molar-refractivity contribution in [2.45, 2.75) is 11.8 Å². The molecule has 2 N–H and O–H groups in total. The van der Waals surface area contributed by atoms with E-state index in [1.54, 1.807) is 19.1 Å². The lowest BCUT2D eigenvalue weighted by molar-refractivity contribution is 0.254. The molecular weight excluding hydrogens is 466 g/mol. The molecule has 4 rings (SSSR count). The molecule has 0 amide bonds. The van der Waals surface area contributed by atoms with Crippen LogP contribution in [0.4, 0.5) is 14.7 Å². The second-order valence-electron chi connectivity index (χ2n) is 6.45. The molecule has 9 nitrogen and oxygen atoms in total. The summed E-state index contributed by atoms with van der Waals surface area (Å²) in [7, 11) is -0.401. The molecule has 0 aliphatic heterocycles. The van der Waals surface area contributed by atoms with Crippen LogP contribution in [0.5, 0.6) is 11.6 Å². The average Bonchev–Trinajstić information content (AvgIpc) is 3.38. The SMILES string of the molecule is COc1nc(NS(=O)c2c[nH]c3c(-n4cc(F)cn4)c(Cl)ccc23)nc(C)c1OCCF. The van der Waals surface area contributed by atoms with E-state index in [0.29, 0.717) is 32.2 Å². The van der Waals surface area contributed by atoms with Crippen molar-refractivity contribution in [1.82, 2.24) is 24.7 Å². The first kappa shape index (κ1) is 22.0. The van der Waals surface area contributed by atoms with Crippen molar-refractivity contribution in [3.05, 3.63) is 47.3 Å². The Balaban J connectivity index is 1.67. The first-order valence-electron chi connectivity index (χ1n) is 9.23. The summed E-state index contributed by atoms with van der Waals surface area (Å²) in [6.07, 6.45) is 3.79. The van der Waals surface area contributed by atoms with Gasteiger partial charge >= 0.3 is 0 Å². The minimum atomic E-state index is -1.78. The summed E-state index contributed by atoms with van der Waals surface area (Å²) in [5, 5.41) is 4.87. The van der Waals surface area contributed by atoms with Gasteiger partial charge in [-0.2, -0.15) is 10.1 Å². The summed E-state index contributed by atoms with van der Waals surface area (Å²) in [5.74, 6) is -0.197. The molecule has 0 saturated heterocycles. The topological polar surface area (TPSA) is 107 Å². The molecule has 0 spiro atoms. The number of aromatic amines is 1. The highest BCUT2D eigenvalue weighted by molar-refractivity contribution is 7.86. The van der Waals surface area contributed by atoms with Crippen LogP contribution < -0.4 is 14.2 Å². The fraction of sp³-hybridized carbons (Fsp3) is 0.211. The number of methoxy groups -OCH3 is 1. The third kappa shape index (κ3) is 4.10. The van der Waals surface area contributed by atoms with Gasteiger partial charge < -0.3 is 14.5 Å². The number of hydrogen-bond donors (Lipinski definition) is 2. The molecule has 3 heterocycles. The molecule has 168 valence electrons. The lowest BCUT2D eigenvalue weighted by Crippen LogP contribution is -2.11. The number of benzene rings is 1. The van der Waals surface area contributed by atoms with E-state index >= 15 is 0 Å². The van der Waals surface area contributed by atoms with Gasteiger partial charge in [0, 0.05) is 11.6 Å². The number of aryl methyl sites for hydroxylation is 1. The van der Waals surface area contributed by atoms with Crippen molar-refractivity contribution in [3.8, 4) is 17.3 Å². The highest BCUT2D eigenvalue weighted by atomic mass is 35.5. The predicted octanol–water partition coefficient (Wildman–Crippen LogP) is 3.74. The number of fused-ring (bicyclic) bond motifs is 1. The molecule has 0 aliphatic rings. The van der Waals surface area contributed by atoms with Crippen LogP contribution in [0.3, 0.4) is 0 Å². The van der Waals surface area contributed by atoms with Gasteiger partial charge in [-0.3, -0.25) is 4.72 Å². The number of nitrogens with one attached hydrogen (secondary N) is 2. The molecule has 3 aromatic heterocycles. The van der Waals surface area contributed by atoms with Crippen LogP contribution in [0.15, 0.2) is 35.6 Å². The van der Waals surface area contributed by atoms with Crippen LogP contribution in [0.25, 0.3) is 16.6 Å². The smallest absolute Gasteiger partial charge is 0.262 e. The molecule has 32 heavy (non-hydrogen) atoms. The fourth-order valence-corrected chi connectivity index (χ4v) is 4.25. The summed E-state index contributed by atoms with van der Waals surface area (Å²) in [5.41, 5.74) is 1.33. The molecule has 0 bridgehead atoms. The standard InChI is InChI=1S/C19H17ClF2N6O3S/c1-10-17(31-6-5-21)18(30-2)26-19(25-10)27-32(29)14-8-23-15-12(14)3-4-13(20)16(15)28-9-11(22)7-24-28/h3-4,7-9,23H,5-6H2,1-2H3,(H,25,26,27). The minimum Gasteiger partial charge on any atom is -0.484 e.